The van der Waals surface area contributed by atoms with Gasteiger partial charge in [-0.2, -0.15) is 0 Å². The fourth-order valence-corrected chi connectivity index (χ4v) is 2.27. The average molecular weight is 304 g/mol. The highest BCUT2D eigenvalue weighted by molar-refractivity contribution is 6.21. The van der Waals surface area contributed by atoms with Crippen molar-refractivity contribution in [2.24, 2.45) is 10.7 Å². The van der Waals surface area contributed by atoms with Gasteiger partial charge in [0.2, 0.25) is 0 Å². The van der Waals surface area contributed by atoms with Gasteiger partial charge in [-0.05, 0) is 29.8 Å². The molecule has 6 heteroatoms. The van der Waals surface area contributed by atoms with E-state index in [1.807, 2.05) is 36.5 Å². The second-order valence-corrected chi connectivity index (χ2v) is 4.98. The Hall–Kier alpha value is -3.41. The van der Waals surface area contributed by atoms with Crippen LogP contribution in [0.25, 0.3) is 11.1 Å². The van der Waals surface area contributed by atoms with Gasteiger partial charge in [0.05, 0.1) is 11.3 Å². The van der Waals surface area contributed by atoms with Gasteiger partial charge in [-0.15, -0.1) is 0 Å². The number of hydrogen-bond donors (Lipinski definition) is 4. The highest BCUT2D eigenvalue weighted by atomic mass is 15.0. The molecule has 1 aliphatic rings. The largest absolute Gasteiger partial charge is 0.399 e. The fraction of sp³-hybridized carbons (Fsp3) is 0. The zero-order chi connectivity index (χ0) is 16.2. The molecule has 0 bridgehead atoms. The molecule has 0 amide bonds. The third-order valence-electron chi connectivity index (χ3n) is 3.34. The minimum atomic E-state index is -0.0934. The number of aliphatic imine (C=N–C) groups is 1. The van der Waals surface area contributed by atoms with Crippen LogP contribution in [-0.2, 0) is 0 Å². The van der Waals surface area contributed by atoms with Gasteiger partial charge < -0.3 is 16.8 Å². The van der Waals surface area contributed by atoms with E-state index in [0.717, 1.165) is 11.1 Å². The molecule has 1 aliphatic heterocycles. The first-order valence-electron chi connectivity index (χ1n) is 7.02. The second-order valence-electron chi connectivity index (χ2n) is 4.98. The van der Waals surface area contributed by atoms with E-state index in [1.54, 1.807) is 24.5 Å². The Morgan fingerprint density at radius 2 is 2.00 bits per heavy atom. The molecule has 0 fully saturated rings. The summed E-state index contributed by atoms with van der Waals surface area (Å²) in [4.78, 5) is 8.62. The van der Waals surface area contributed by atoms with Crippen molar-refractivity contribution in [2.45, 2.75) is 0 Å². The molecule has 6 nitrogen and oxygen atoms in total. The zero-order valence-corrected chi connectivity index (χ0v) is 12.3. The number of allylic oxidation sites excluding steroid dienone is 1. The molecular formula is C17H16N6. The molecule has 0 aliphatic carbocycles. The van der Waals surface area contributed by atoms with Crippen molar-refractivity contribution in [1.29, 1.82) is 5.41 Å². The lowest BCUT2D eigenvalue weighted by Gasteiger charge is -2.15. The maximum absolute atomic E-state index is 7.80. The summed E-state index contributed by atoms with van der Waals surface area (Å²) < 4.78 is 0. The quantitative estimate of drug-likeness (QED) is 0.394. The monoisotopic (exact) mass is 304 g/mol. The molecule has 2 heterocycles. The van der Waals surface area contributed by atoms with Crippen LogP contribution in [0.3, 0.4) is 0 Å². The summed E-state index contributed by atoms with van der Waals surface area (Å²) in [5.41, 5.74) is 15.1. The number of rotatable bonds is 3. The van der Waals surface area contributed by atoms with Gasteiger partial charge in [-0.25, -0.2) is 4.99 Å². The number of amidine groups is 1. The zero-order valence-electron chi connectivity index (χ0n) is 12.3. The molecule has 0 radical (unpaired) electrons. The Balaban J connectivity index is 1.95. The van der Waals surface area contributed by atoms with Crippen LogP contribution in [-0.4, -0.2) is 17.0 Å². The van der Waals surface area contributed by atoms with E-state index in [1.165, 1.54) is 0 Å². The van der Waals surface area contributed by atoms with Crippen molar-refractivity contribution in [3.63, 3.8) is 0 Å². The average Bonchev–Trinajstić information content (AvgIpc) is 2.56. The van der Waals surface area contributed by atoms with Crippen molar-refractivity contribution in [3.8, 4) is 0 Å². The molecule has 0 spiro atoms. The maximum atomic E-state index is 7.80. The molecule has 6 N–H and O–H groups in total. The van der Waals surface area contributed by atoms with Gasteiger partial charge in [0.1, 0.15) is 11.7 Å². The predicted molar refractivity (Wildman–Crippen MR) is 93.5 cm³/mol. The fourth-order valence-electron chi connectivity index (χ4n) is 2.27. The van der Waals surface area contributed by atoms with Crippen molar-refractivity contribution in [3.05, 3.63) is 71.9 Å². The smallest absolute Gasteiger partial charge is 0.143 e. The van der Waals surface area contributed by atoms with Crippen LogP contribution in [0.4, 0.5) is 5.69 Å². The van der Waals surface area contributed by atoms with Gasteiger partial charge >= 0.3 is 0 Å². The first kappa shape index (κ1) is 14.5. The third kappa shape index (κ3) is 3.11. The lowest BCUT2D eigenvalue weighted by molar-refractivity contribution is 1.03. The number of nitrogen functional groups attached to an aromatic ring is 1. The number of hydrogen-bond acceptors (Lipinski definition) is 5. The molecule has 3 rings (SSSR count). The SMILES string of the molecule is N=C(N)/C(=C1\N=CC(c2cccc(N)c2)=CN1)c1ccccn1. The van der Waals surface area contributed by atoms with Crippen molar-refractivity contribution >= 4 is 28.9 Å². The molecule has 0 saturated heterocycles. The number of pyridine rings is 1. The van der Waals surface area contributed by atoms with E-state index in [2.05, 4.69) is 15.3 Å². The molecular weight excluding hydrogens is 288 g/mol. The molecule has 23 heavy (non-hydrogen) atoms. The topological polar surface area (TPSA) is 113 Å². The van der Waals surface area contributed by atoms with Crippen LogP contribution in [0.5, 0.6) is 0 Å². The van der Waals surface area contributed by atoms with Crippen LogP contribution in [0.1, 0.15) is 11.3 Å². The maximum Gasteiger partial charge on any atom is 0.143 e. The van der Waals surface area contributed by atoms with Gasteiger partial charge in [-0.1, -0.05) is 18.2 Å². The molecule has 0 saturated carbocycles. The Morgan fingerprint density at radius 1 is 1.13 bits per heavy atom. The van der Waals surface area contributed by atoms with E-state index < -0.39 is 0 Å². The molecule has 0 atom stereocenters. The number of aromatic nitrogens is 1. The Morgan fingerprint density at radius 3 is 2.61 bits per heavy atom. The van der Waals surface area contributed by atoms with Crippen molar-refractivity contribution < 1.29 is 0 Å². The summed E-state index contributed by atoms with van der Waals surface area (Å²) in [5, 5.41) is 10.9. The Labute approximate surface area is 133 Å². The van der Waals surface area contributed by atoms with Crippen LogP contribution >= 0.6 is 0 Å². The number of nitrogens with one attached hydrogen (secondary N) is 2. The van der Waals surface area contributed by atoms with Crippen LogP contribution < -0.4 is 16.8 Å². The summed E-state index contributed by atoms with van der Waals surface area (Å²) in [7, 11) is 0. The Bertz CT molecular complexity index is 833. The van der Waals surface area contributed by atoms with Crippen LogP contribution in [0, 0.1) is 5.41 Å². The van der Waals surface area contributed by atoms with Gasteiger partial charge in [0.15, 0.2) is 0 Å². The van der Waals surface area contributed by atoms with Crippen LogP contribution in [0.2, 0.25) is 0 Å². The van der Waals surface area contributed by atoms with Crippen molar-refractivity contribution in [1.82, 2.24) is 10.3 Å². The van der Waals surface area contributed by atoms with E-state index in [9.17, 15) is 0 Å². The molecule has 1 aromatic heterocycles. The van der Waals surface area contributed by atoms with Crippen LogP contribution in [0.15, 0.2) is 65.7 Å². The van der Waals surface area contributed by atoms with E-state index in [0.29, 0.717) is 22.8 Å². The first-order chi connectivity index (χ1) is 11.1. The Kier molecular flexibility index (Phi) is 3.88. The second kappa shape index (κ2) is 6.15. The standard InChI is InChI=1S/C17H16N6/c18-13-5-3-4-11(8-13)12-9-22-17(23-10-12)15(16(19)20)14-6-1-2-7-21-14/h1-10,22H,18H2,(H3,19,20)/b17-15-. The van der Waals surface area contributed by atoms with Crippen molar-refractivity contribution in [2.75, 3.05) is 5.73 Å². The molecule has 1 aromatic carbocycles. The first-order valence-corrected chi connectivity index (χ1v) is 7.02. The summed E-state index contributed by atoms with van der Waals surface area (Å²) in [6.45, 7) is 0. The van der Waals surface area contributed by atoms with E-state index in [4.69, 9.17) is 16.9 Å². The lowest BCUT2D eigenvalue weighted by atomic mass is 10.1. The van der Waals surface area contributed by atoms with Gasteiger partial charge in [0.25, 0.3) is 0 Å². The van der Waals surface area contributed by atoms with Gasteiger partial charge in [0, 0.05) is 29.9 Å². The minimum Gasteiger partial charge on any atom is -0.399 e. The number of nitrogens with zero attached hydrogens (tertiary/aromatic N) is 2. The van der Waals surface area contributed by atoms with Gasteiger partial charge in [-0.3, -0.25) is 10.4 Å². The molecule has 2 aromatic rings. The summed E-state index contributed by atoms with van der Waals surface area (Å²) >= 11 is 0. The third-order valence-corrected chi connectivity index (χ3v) is 3.34. The van der Waals surface area contributed by atoms with E-state index >= 15 is 0 Å². The predicted octanol–water partition coefficient (Wildman–Crippen LogP) is 1.98. The number of benzene rings is 1. The van der Waals surface area contributed by atoms with E-state index in [-0.39, 0.29) is 5.84 Å². The highest BCUT2D eigenvalue weighted by Crippen LogP contribution is 2.21. The summed E-state index contributed by atoms with van der Waals surface area (Å²) in [6.07, 6.45) is 5.18. The lowest BCUT2D eigenvalue weighted by Crippen LogP contribution is -2.20. The molecule has 114 valence electrons. The summed E-state index contributed by atoms with van der Waals surface area (Å²) in [6, 6.07) is 13.0. The normalized spacial score (nSPS) is 15.6. The minimum absolute atomic E-state index is 0.0934. The number of nitrogens with two attached hydrogens (primary N) is 2. The molecule has 0 unspecified atom stereocenters. The highest BCUT2D eigenvalue weighted by Gasteiger charge is 2.15. The number of anilines is 1. The summed E-state index contributed by atoms with van der Waals surface area (Å²) in [5.74, 6) is 0.396.